The van der Waals surface area contributed by atoms with Crippen LogP contribution in [0.25, 0.3) is 0 Å². The first-order valence-electron chi connectivity index (χ1n) is 7.61. The van der Waals surface area contributed by atoms with Crippen LogP contribution in [0.1, 0.15) is 31.7 Å². The Balaban J connectivity index is 1.78. The Labute approximate surface area is 141 Å². The van der Waals surface area contributed by atoms with Gasteiger partial charge in [-0.15, -0.1) is 0 Å². The molecule has 122 valence electrons. The summed E-state index contributed by atoms with van der Waals surface area (Å²) < 4.78 is 5.91. The van der Waals surface area contributed by atoms with Crippen LogP contribution in [0.15, 0.2) is 18.2 Å². The van der Waals surface area contributed by atoms with Gasteiger partial charge in [-0.2, -0.15) is 0 Å². The Hall–Kier alpha value is -0.810. The number of hydrogen-bond acceptors (Lipinski definition) is 3. The van der Waals surface area contributed by atoms with Crippen molar-refractivity contribution in [3.63, 3.8) is 0 Å². The Kier molecular flexibility index (Phi) is 6.50. The minimum atomic E-state index is -0.381. The molecule has 1 saturated heterocycles. The molecule has 1 atom stereocenters. The summed E-state index contributed by atoms with van der Waals surface area (Å²) in [5.41, 5.74) is 6.80. The highest BCUT2D eigenvalue weighted by Crippen LogP contribution is 2.24. The molecule has 6 heteroatoms. The Morgan fingerprint density at radius 1 is 1.36 bits per heavy atom. The van der Waals surface area contributed by atoms with E-state index < -0.39 is 0 Å². The standard InChI is InChI=1S/C16H22Cl2N2O2/c1-2-15(19)16(21)20-7-5-12(6-8-20)22-10-11-3-4-13(17)14(18)9-11/h3-4,9,12,15H,2,5-8,10,19H2,1H3/t15-/m0/s1. The molecule has 1 heterocycles. The van der Waals surface area contributed by atoms with Gasteiger partial charge in [-0.1, -0.05) is 36.2 Å². The molecule has 1 amide bonds. The number of ether oxygens (including phenoxy) is 1. The lowest BCUT2D eigenvalue weighted by Gasteiger charge is -2.33. The van der Waals surface area contributed by atoms with Crippen LogP contribution >= 0.6 is 23.2 Å². The van der Waals surface area contributed by atoms with Gasteiger partial charge in [0.05, 0.1) is 28.8 Å². The molecule has 1 aromatic carbocycles. The van der Waals surface area contributed by atoms with Crippen LogP contribution in [0.4, 0.5) is 0 Å². The number of nitrogens with two attached hydrogens (primary N) is 1. The molecule has 4 nitrogen and oxygen atoms in total. The van der Waals surface area contributed by atoms with Gasteiger partial charge >= 0.3 is 0 Å². The maximum atomic E-state index is 12.0. The number of benzene rings is 1. The van der Waals surface area contributed by atoms with Crippen LogP contribution in [-0.2, 0) is 16.1 Å². The number of hydrogen-bond donors (Lipinski definition) is 1. The molecular weight excluding hydrogens is 323 g/mol. The number of likely N-dealkylation sites (tertiary alicyclic amines) is 1. The molecule has 2 N–H and O–H groups in total. The van der Waals surface area contributed by atoms with E-state index in [1.807, 2.05) is 24.0 Å². The average molecular weight is 345 g/mol. The molecule has 0 aliphatic carbocycles. The van der Waals surface area contributed by atoms with E-state index in [4.69, 9.17) is 33.7 Å². The fraction of sp³-hybridized carbons (Fsp3) is 0.562. The molecule has 0 unspecified atom stereocenters. The Morgan fingerprint density at radius 2 is 2.05 bits per heavy atom. The summed E-state index contributed by atoms with van der Waals surface area (Å²) in [6.07, 6.45) is 2.51. The summed E-state index contributed by atoms with van der Waals surface area (Å²) in [6.45, 7) is 3.84. The van der Waals surface area contributed by atoms with E-state index in [0.29, 0.717) is 36.2 Å². The second-order valence-corrected chi connectivity index (χ2v) is 6.41. The van der Waals surface area contributed by atoms with Crippen molar-refractivity contribution < 1.29 is 9.53 Å². The second-order valence-electron chi connectivity index (χ2n) is 5.60. The molecule has 0 bridgehead atoms. The quantitative estimate of drug-likeness (QED) is 0.891. The highest BCUT2D eigenvalue weighted by atomic mass is 35.5. The first-order chi connectivity index (χ1) is 10.5. The van der Waals surface area contributed by atoms with Crippen LogP contribution in [0.5, 0.6) is 0 Å². The first-order valence-corrected chi connectivity index (χ1v) is 8.36. The van der Waals surface area contributed by atoms with E-state index in [-0.39, 0.29) is 18.1 Å². The molecule has 0 aromatic heterocycles. The van der Waals surface area contributed by atoms with Crippen molar-refractivity contribution >= 4 is 29.1 Å². The smallest absolute Gasteiger partial charge is 0.239 e. The van der Waals surface area contributed by atoms with E-state index in [9.17, 15) is 4.79 Å². The van der Waals surface area contributed by atoms with Gasteiger partial charge in [0.2, 0.25) is 5.91 Å². The lowest BCUT2D eigenvalue weighted by atomic mass is 10.1. The number of carbonyl (C=O) groups excluding carboxylic acids is 1. The van der Waals surface area contributed by atoms with E-state index in [0.717, 1.165) is 18.4 Å². The molecule has 0 radical (unpaired) electrons. The van der Waals surface area contributed by atoms with Crippen LogP contribution in [0.2, 0.25) is 10.0 Å². The summed E-state index contributed by atoms with van der Waals surface area (Å²) in [7, 11) is 0. The monoisotopic (exact) mass is 344 g/mol. The van der Waals surface area contributed by atoms with Crippen molar-refractivity contribution in [1.82, 2.24) is 4.90 Å². The van der Waals surface area contributed by atoms with Gasteiger partial charge in [-0.25, -0.2) is 0 Å². The third kappa shape index (κ3) is 4.59. The van der Waals surface area contributed by atoms with Crippen molar-refractivity contribution in [2.24, 2.45) is 5.73 Å². The minimum Gasteiger partial charge on any atom is -0.373 e. The highest BCUT2D eigenvalue weighted by molar-refractivity contribution is 6.42. The summed E-state index contributed by atoms with van der Waals surface area (Å²) in [6, 6.07) is 5.13. The van der Waals surface area contributed by atoms with Crippen molar-refractivity contribution in [2.75, 3.05) is 13.1 Å². The maximum absolute atomic E-state index is 12.0. The van der Waals surface area contributed by atoms with Crippen LogP contribution < -0.4 is 5.73 Å². The summed E-state index contributed by atoms with van der Waals surface area (Å²) in [5, 5.41) is 1.08. The number of rotatable bonds is 5. The number of piperidine rings is 1. The van der Waals surface area contributed by atoms with E-state index >= 15 is 0 Å². The van der Waals surface area contributed by atoms with Gasteiger partial charge in [0.15, 0.2) is 0 Å². The summed E-state index contributed by atoms with van der Waals surface area (Å²) in [5.74, 6) is 0.0467. The van der Waals surface area contributed by atoms with Crippen LogP contribution in [0, 0.1) is 0 Å². The zero-order chi connectivity index (χ0) is 16.1. The SMILES string of the molecule is CC[C@H](N)C(=O)N1CCC(OCc2ccc(Cl)c(Cl)c2)CC1. The number of amides is 1. The summed E-state index contributed by atoms with van der Waals surface area (Å²) >= 11 is 11.9. The molecule has 22 heavy (non-hydrogen) atoms. The second kappa shape index (κ2) is 8.16. The number of nitrogens with zero attached hydrogens (tertiary/aromatic N) is 1. The third-order valence-corrected chi connectivity index (χ3v) is 4.72. The minimum absolute atomic E-state index is 0.0467. The fourth-order valence-electron chi connectivity index (χ4n) is 2.50. The predicted molar refractivity (Wildman–Crippen MR) is 89.1 cm³/mol. The Morgan fingerprint density at radius 3 is 2.64 bits per heavy atom. The molecular formula is C16H22Cl2N2O2. The third-order valence-electron chi connectivity index (χ3n) is 3.98. The molecule has 1 aromatic rings. The highest BCUT2D eigenvalue weighted by Gasteiger charge is 2.25. The molecule has 0 spiro atoms. The number of carbonyl (C=O) groups is 1. The largest absolute Gasteiger partial charge is 0.373 e. The topological polar surface area (TPSA) is 55.6 Å². The van der Waals surface area contributed by atoms with E-state index in [1.54, 1.807) is 6.07 Å². The average Bonchev–Trinajstić information content (AvgIpc) is 2.55. The van der Waals surface area contributed by atoms with Crippen molar-refractivity contribution in [3.8, 4) is 0 Å². The van der Waals surface area contributed by atoms with Gasteiger partial charge in [0.25, 0.3) is 0 Å². The Bertz CT molecular complexity index is 517. The predicted octanol–water partition coefficient (Wildman–Crippen LogP) is 3.24. The van der Waals surface area contributed by atoms with Gasteiger partial charge in [-0.05, 0) is 37.0 Å². The maximum Gasteiger partial charge on any atom is 0.239 e. The molecule has 1 aliphatic heterocycles. The lowest BCUT2D eigenvalue weighted by molar-refractivity contribution is -0.135. The normalized spacial score (nSPS) is 17.5. The van der Waals surface area contributed by atoms with Crippen LogP contribution in [0.3, 0.4) is 0 Å². The van der Waals surface area contributed by atoms with Gasteiger partial charge in [-0.3, -0.25) is 4.79 Å². The van der Waals surface area contributed by atoms with E-state index in [1.165, 1.54) is 0 Å². The zero-order valence-corrected chi connectivity index (χ0v) is 14.2. The van der Waals surface area contributed by atoms with Gasteiger partial charge in [0, 0.05) is 13.1 Å². The molecule has 0 saturated carbocycles. The van der Waals surface area contributed by atoms with E-state index in [2.05, 4.69) is 0 Å². The molecule has 1 fully saturated rings. The summed E-state index contributed by atoms with van der Waals surface area (Å²) in [4.78, 5) is 13.9. The van der Waals surface area contributed by atoms with Crippen molar-refractivity contribution in [3.05, 3.63) is 33.8 Å². The van der Waals surface area contributed by atoms with Crippen molar-refractivity contribution in [2.45, 2.75) is 44.9 Å². The van der Waals surface area contributed by atoms with Gasteiger partial charge in [0.1, 0.15) is 0 Å². The fourth-order valence-corrected chi connectivity index (χ4v) is 2.82. The first kappa shape index (κ1) is 17.5. The van der Waals surface area contributed by atoms with Crippen molar-refractivity contribution in [1.29, 1.82) is 0 Å². The van der Waals surface area contributed by atoms with Crippen LogP contribution in [-0.4, -0.2) is 36.0 Å². The zero-order valence-electron chi connectivity index (χ0n) is 12.7. The lowest BCUT2D eigenvalue weighted by Crippen LogP contribution is -2.48. The number of halogens is 2. The van der Waals surface area contributed by atoms with Gasteiger partial charge < -0.3 is 15.4 Å². The molecule has 1 aliphatic rings. The molecule has 2 rings (SSSR count).